The van der Waals surface area contributed by atoms with Crippen molar-refractivity contribution in [3.05, 3.63) is 0 Å². The normalized spacial score (nSPS) is 25.0. The summed E-state index contributed by atoms with van der Waals surface area (Å²) in [7, 11) is 0. The SMILES string of the molecule is CC(C)CN1CCC2(CC1)CC(CNC(C)C)C2. The fourth-order valence-corrected chi connectivity index (χ4v) is 3.85. The second-order valence-electron chi connectivity index (χ2n) is 7.53. The van der Waals surface area contributed by atoms with Gasteiger partial charge in [-0.3, -0.25) is 0 Å². The van der Waals surface area contributed by atoms with Gasteiger partial charge in [-0.15, -0.1) is 0 Å². The summed E-state index contributed by atoms with van der Waals surface area (Å²) < 4.78 is 0. The lowest BCUT2D eigenvalue weighted by molar-refractivity contribution is -0.0153. The van der Waals surface area contributed by atoms with Gasteiger partial charge < -0.3 is 10.2 Å². The Morgan fingerprint density at radius 1 is 1.11 bits per heavy atom. The topological polar surface area (TPSA) is 15.3 Å². The van der Waals surface area contributed by atoms with E-state index in [1.54, 1.807) is 0 Å². The molecule has 1 heterocycles. The van der Waals surface area contributed by atoms with Crippen LogP contribution in [0.4, 0.5) is 0 Å². The fraction of sp³-hybridized carbons (Fsp3) is 1.00. The van der Waals surface area contributed by atoms with E-state index in [1.807, 2.05) is 0 Å². The zero-order valence-corrected chi connectivity index (χ0v) is 12.8. The zero-order valence-electron chi connectivity index (χ0n) is 12.8. The first kappa shape index (κ1) is 14.3. The van der Waals surface area contributed by atoms with Crippen LogP contribution < -0.4 is 5.32 Å². The number of piperidine rings is 1. The molecule has 0 amide bonds. The van der Waals surface area contributed by atoms with Crippen molar-refractivity contribution in [3.8, 4) is 0 Å². The van der Waals surface area contributed by atoms with Gasteiger partial charge in [0.15, 0.2) is 0 Å². The summed E-state index contributed by atoms with van der Waals surface area (Å²) >= 11 is 0. The van der Waals surface area contributed by atoms with E-state index < -0.39 is 0 Å². The van der Waals surface area contributed by atoms with Crippen LogP contribution in [0.15, 0.2) is 0 Å². The predicted molar refractivity (Wildman–Crippen MR) is 78.8 cm³/mol. The van der Waals surface area contributed by atoms with Gasteiger partial charge in [0.2, 0.25) is 0 Å². The van der Waals surface area contributed by atoms with Gasteiger partial charge in [0, 0.05) is 12.6 Å². The van der Waals surface area contributed by atoms with Gasteiger partial charge in [0.05, 0.1) is 0 Å². The van der Waals surface area contributed by atoms with Crippen LogP contribution in [-0.2, 0) is 0 Å². The van der Waals surface area contributed by atoms with Crippen LogP contribution in [0.1, 0.15) is 53.4 Å². The summed E-state index contributed by atoms with van der Waals surface area (Å²) in [6, 6.07) is 0.648. The Morgan fingerprint density at radius 3 is 2.22 bits per heavy atom. The smallest absolute Gasteiger partial charge is 0.00104 e. The van der Waals surface area contributed by atoms with Crippen molar-refractivity contribution in [2.24, 2.45) is 17.3 Å². The highest BCUT2D eigenvalue weighted by Crippen LogP contribution is 2.52. The quantitative estimate of drug-likeness (QED) is 0.809. The van der Waals surface area contributed by atoms with Gasteiger partial charge in [0.1, 0.15) is 0 Å². The van der Waals surface area contributed by atoms with Gasteiger partial charge >= 0.3 is 0 Å². The number of likely N-dealkylation sites (tertiary alicyclic amines) is 1. The molecule has 2 aliphatic rings. The Morgan fingerprint density at radius 2 is 1.72 bits per heavy atom. The molecule has 0 unspecified atom stereocenters. The van der Waals surface area contributed by atoms with Crippen molar-refractivity contribution in [2.75, 3.05) is 26.2 Å². The number of hydrogen-bond donors (Lipinski definition) is 1. The standard InChI is InChI=1S/C16H32N2/c1-13(2)12-18-7-5-16(6-8-18)9-15(10-16)11-17-14(3)4/h13-15,17H,5-12H2,1-4H3. The summed E-state index contributed by atoms with van der Waals surface area (Å²) in [6.07, 6.45) is 5.89. The Kier molecular flexibility index (Phi) is 4.71. The number of nitrogens with zero attached hydrogens (tertiary/aromatic N) is 1. The third-order valence-electron chi connectivity index (χ3n) is 4.80. The van der Waals surface area contributed by atoms with Crippen LogP contribution in [0.5, 0.6) is 0 Å². The van der Waals surface area contributed by atoms with Crippen LogP contribution in [0.2, 0.25) is 0 Å². The van der Waals surface area contributed by atoms with Gasteiger partial charge in [-0.25, -0.2) is 0 Å². The van der Waals surface area contributed by atoms with Gasteiger partial charge in [-0.1, -0.05) is 27.7 Å². The molecule has 1 saturated heterocycles. The highest BCUT2D eigenvalue weighted by Gasteiger charge is 2.45. The third kappa shape index (κ3) is 3.71. The Balaban J connectivity index is 1.65. The average molecular weight is 252 g/mol. The monoisotopic (exact) mass is 252 g/mol. The minimum absolute atomic E-state index is 0.648. The summed E-state index contributed by atoms with van der Waals surface area (Å²) in [5.74, 6) is 1.78. The van der Waals surface area contributed by atoms with Crippen LogP contribution in [0.3, 0.4) is 0 Å². The van der Waals surface area contributed by atoms with E-state index >= 15 is 0 Å². The first-order chi connectivity index (χ1) is 8.49. The molecule has 1 saturated carbocycles. The highest BCUT2D eigenvalue weighted by atomic mass is 15.1. The van der Waals surface area contributed by atoms with Gasteiger partial charge in [-0.2, -0.15) is 0 Å². The number of hydrogen-bond acceptors (Lipinski definition) is 2. The van der Waals surface area contributed by atoms with Crippen molar-refractivity contribution in [1.82, 2.24) is 10.2 Å². The maximum absolute atomic E-state index is 3.59. The van der Waals surface area contributed by atoms with Crippen molar-refractivity contribution < 1.29 is 0 Å². The van der Waals surface area contributed by atoms with Crippen molar-refractivity contribution in [2.45, 2.75) is 59.4 Å². The first-order valence-corrected chi connectivity index (χ1v) is 7.95. The lowest BCUT2D eigenvalue weighted by atomic mass is 9.57. The molecule has 1 N–H and O–H groups in total. The maximum Gasteiger partial charge on any atom is 0.00104 e. The summed E-state index contributed by atoms with van der Waals surface area (Å²) in [6.45, 7) is 14.4. The molecule has 0 atom stereocenters. The van der Waals surface area contributed by atoms with E-state index in [0.29, 0.717) is 6.04 Å². The molecule has 0 radical (unpaired) electrons. The first-order valence-electron chi connectivity index (χ1n) is 7.95. The molecular formula is C16H32N2. The Labute approximate surface area is 114 Å². The minimum Gasteiger partial charge on any atom is -0.314 e. The second kappa shape index (κ2) is 5.92. The molecule has 0 aromatic heterocycles. The number of nitrogens with one attached hydrogen (secondary N) is 1. The molecule has 1 aliphatic heterocycles. The van der Waals surface area contributed by atoms with E-state index in [-0.39, 0.29) is 0 Å². The van der Waals surface area contributed by atoms with E-state index in [1.165, 1.54) is 51.9 Å². The molecule has 0 aromatic carbocycles. The summed E-state index contributed by atoms with van der Waals surface area (Å²) in [5, 5.41) is 3.59. The van der Waals surface area contributed by atoms with E-state index in [4.69, 9.17) is 0 Å². The number of rotatable bonds is 5. The van der Waals surface area contributed by atoms with Crippen molar-refractivity contribution in [3.63, 3.8) is 0 Å². The van der Waals surface area contributed by atoms with E-state index in [2.05, 4.69) is 37.9 Å². The van der Waals surface area contributed by atoms with Crippen molar-refractivity contribution >= 4 is 0 Å². The molecular weight excluding hydrogens is 220 g/mol. The molecule has 106 valence electrons. The fourth-order valence-electron chi connectivity index (χ4n) is 3.85. The molecule has 2 heteroatoms. The predicted octanol–water partition coefficient (Wildman–Crippen LogP) is 3.13. The van der Waals surface area contributed by atoms with E-state index in [9.17, 15) is 0 Å². The van der Waals surface area contributed by atoms with Crippen molar-refractivity contribution in [1.29, 1.82) is 0 Å². The average Bonchev–Trinajstić information content (AvgIpc) is 2.24. The Hall–Kier alpha value is -0.0800. The second-order valence-corrected chi connectivity index (χ2v) is 7.53. The van der Waals surface area contributed by atoms with Crippen LogP contribution >= 0.6 is 0 Å². The molecule has 0 aromatic rings. The van der Waals surface area contributed by atoms with Crippen LogP contribution in [0, 0.1) is 17.3 Å². The van der Waals surface area contributed by atoms with Crippen LogP contribution in [0.25, 0.3) is 0 Å². The molecule has 2 fully saturated rings. The van der Waals surface area contributed by atoms with Gasteiger partial charge in [0.25, 0.3) is 0 Å². The molecule has 1 spiro atoms. The highest BCUT2D eigenvalue weighted by molar-refractivity contribution is 4.97. The van der Waals surface area contributed by atoms with Gasteiger partial charge in [-0.05, 0) is 62.6 Å². The molecule has 2 rings (SSSR count). The zero-order chi connectivity index (χ0) is 13.2. The lowest BCUT2D eigenvalue weighted by Gasteiger charge is -2.53. The minimum atomic E-state index is 0.648. The largest absolute Gasteiger partial charge is 0.314 e. The lowest BCUT2D eigenvalue weighted by Crippen LogP contribution is -2.50. The molecule has 1 aliphatic carbocycles. The summed E-state index contributed by atoms with van der Waals surface area (Å²) in [4.78, 5) is 2.68. The summed E-state index contributed by atoms with van der Waals surface area (Å²) in [5.41, 5.74) is 0.747. The third-order valence-corrected chi connectivity index (χ3v) is 4.80. The molecule has 2 nitrogen and oxygen atoms in total. The van der Waals surface area contributed by atoms with E-state index in [0.717, 1.165) is 17.3 Å². The molecule has 0 bridgehead atoms. The Bertz CT molecular complexity index is 236. The molecule has 18 heavy (non-hydrogen) atoms. The van der Waals surface area contributed by atoms with Crippen LogP contribution in [-0.4, -0.2) is 37.1 Å². The maximum atomic E-state index is 3.59.